The van der Waals surface area contributed by atoms with Gasteiger partial charge in [-0.15, -0.1) is 0 Å². The molecule has 1 aliphatic heterocycles. The van der Waals surface area contributed by atoms with E-state index < -0.39 is 8.07 Å². The molecular formula is C48H34Si. The van der Waals surface area contributed by atoms with Crippen molar-refractivity contribution in [2.75, 3.05) is 0 Å². The number of benzene rings is 8. The van der Waals surface area contributed by atoms with Crippen LogP contribution in [0.25, 0.3) is 43.1 Å². The van der Waals surface area contributed by atoms with Crippen LogP contribution >= 0.6 is 0 Å². The van der Waals surface area contributed by atoms with Gasteiger partial charge < -0.3 is 0 Å². The third kappa shape index (κ3) is 4.82. The fourth-order valence-electron chi connectivity index (χ4n) is 8.07. The quantitative estimate of drug-likeness (QED) is 0.159. The van der Waals surface area contributed by atoms with Crippen molar-refractivity contribution in [1.82, 2.24) is 0 Å². The average molecular weight is 639 g/mol. The molecule has 0 radical (unpaired) electrons. The van der Waals surface area contributed by atoms with E-state index in [1.807, 2.05) is 0 Å². The first-order valence-electron chi connectivity index (χ1n) is 17.0. The highest BCUT2D eigenvalue weighted by Crippen LogP contribution is 2.55. The topological polar surface area (TPSA) is 0 Å². The van der Waals surface area contributed by atoms with Crippen molar-refractivity contribution >= 4 is 61.5 Å². The molecule has 8 aromatic rings. The summed E-state index contributed by atoms with van der Waals surface area (Å²) in [5, 5.41) is 10.6. The second kappa shape index (κ2) is 12.2. The molecule has 0 amide bonds. The maximum atomic E-state index is 2.44. The summed E-state index contributed by atoms with van der Waals surface area (Å²) in [6.45, 7) is 0. The van der Waals surface area contributed by atoms with E-state index in [1.165, 1.54) is 75.7 Å². The van der Waals surface area contributed by atoms with E-state index in [4.69, 9.17) is 0 Å². The molecule has 0 bridgehead atoms. The van der Waals surface area contributed by atoms with Crippen LogP contribution in [0.3, 0.4) is 0 Å². The average Bonchev–Trinajstić information content (AvgIpc) is 3.52. The van der Waals surface area contributed by atoms with Crippen LogP contribution in [0.2, 0.25) is 0 Å². The molecule has 0 saturated heterocycles. The molecule has 1 aliphatic rings. The van der Waals surface area contributed by atoms with E-state index >= 15 is 0 Å². The van der Waals surface area contributed by atoms with Crippen molar-refractivity contribution < 1.29 is 0 Å². The minimum absolute atomic E-state index is 1.24. The number of allylic oxidation sites excluding steroid dienone is 2. The Kier molecular flexibility index (Phi) is 7.26. The van der Waals surface area contributed by atoms with Gasteiger partial charge in [0, 0.05) is 0 Å². The Morgan fingerprint density at radius 1 is 0.245 bits per heavy atom. The van der Waals surface area contributed by atoms with E-state index in [9.17, 15) is 0 Å². The Morgan fingerprint density at radius 2 is 0.571 bits per heavy atom. The summed E-state index contributed by atoms with van der Waals surface area (Å²) < 4.78 is 0. The summed E-state index contributed by atoms with van der Waals surface area (Å²) in [4.78, 5) is 0. The largest absolute Gasteiger partial charge is 0.182 e. The second-order valence-electron chi connectivity index (χ2n) is 12.8. The number of fused-ring (bicyclic) bond motifs is 2. The third-order valence-corrected chi connectivity index (χ3v) is 15.1. The zero-order valence-corrected chi connectivity index (χ0v) is 28.1. The first kappa shape index (κ1) is 29.1. The molecule has 0 fully saturated rings. The van der Waals surface area contributed by atoms with Gasteiger partial charge in [-0.25, -0.2) is 0 Å². The predicted octanol–water partition coefficient (Wildman–Crippen LogP) is 10.9. The maximum Gasteiger partial charge on any atom is 0.182 e. The van der Waals surface area contributed by atoms with Gasteiger partial charge in [-0.1, -0.05) is 194 Å². The van der Waals surface area contributed by atoms with E-state index in [2.05, 4.69) is 206 Å². The van der Waals surface area contributed by atoms with Crippen LogP contribution < -0.4 is 10.4 Å². The first-order valence-corrected chi connectivity index (χ1v) is 19.0. The van der Waals surface area contributed by atoms with Gasteiger partial charge in [-0.3, -0.25) is 0 Å². The van der Waals surface area contributed by atoms with Gasteiger partial charge in [0.1, 0.15) is 0 Å². The highest BCUT2D eigenvalue weighted by molar-refractivity contribution is 7.29. The summed E-state index contributed by atoms with van der Waals surface area (Å²) >= 11 is 0. The van der Waals surface area contributed by atoms with Crippen molar-refractivity contribution in [3.63, 3.8) is 0 Å². The highest BCUT2D eigenvalue weighted by Gasteiger charge is 2.53. The molecule has 1 heterocycles. The summed E-state index contributed by atoms with van der Waals surface area (Å²) in [7, 11) is -3.03. The minimum Gasteiger partial charge on any atom is -0.0623 e. The lowest BCUT2D eigenvalue weighted by molar-refractivity contribution is 1.59. The number of hydrogen-bond acceptors (Lipinski definition) is 0. The van der Waals surface area contributed by atoms with Crippen molar-refractivity contribution in [3.8, 4) is 0 Å². The van der Waals surface area contributed by atoms with E-state index in [1.54, 1.807) is 0 Å². The minimum atomic E-state index is -3.03. The Bertz CT molecular complexity index is 2330. The van der Waals surface area contributed by atoms with Crippen molar-refractivity contribution in [1.29, 1.82) is 0 Å². The van der Waals surface area contributed by atoms with E-state index in [0.717, 1.165) is 0 Å². The van der Waals surface area contributed by atoms with Crippen molar-refractivity contribution in [3.05, 3.63) is 229 Å². The fourth-order valence-corrected chi connectivity index (χ4v) is 13.7. The summed E-state index contributed by atoms with van der Waals surface area (Å²) in [6, 6.07) is 76.7. The third-order valence-electron chi connectivity index (χ3n) is 10.1. The standard InChI is InChI=1S/C48H34Si/c1-5-19-37(20-6-1)45-46(38-21-7-2-8-22-38)48(42-32-30-36-18-14-16-24-40(36)34-42)49(43-25-9-3-10-26-43,44-27-11-4-12-28-44)47(45)41-31-29-35-17-13-15-23-39(35)33-41/h1-34H. The SMILES string of the molecule is c1ccc(C2=C(c3ccc4ccccc4c3)[Si](c3ccccc3)(c3ccccc3)C(c3ccc4ccccc4c3)=C2c2ccccc2)cc1. The van der Waals surface area contributed by atoms with Crippen LogP contribution in [-0.2, 0) is 0 Å². The summed E-state index contributed by atoms with van der Waals surface area (Å²) in [5.41, 5.74) is 7.68. The lowest BCUT2D eigenvalue weighted by Gasteiger charge is -2.36. The molecule has 0 saturated carbocycles. The molecule has 0 atom stereocenters. The van der Waals surface area contributed by atoms with Crippen LogP contribution in [0.4, 0.5) is 0 Å². The lowest BCUT2D eigenvalue weighted by atomic mass is 9.89. The molecule has 0 aromatic heterocycles. The molecular weight excluding hydrogens is 605 g/mol. The molecule has 1 heteroatoms. The molecule has 0 unspecified atom stereocenters. The Morgan fingerprint density at radius 3 is 0.959 bits per heavy atom. The zero-order valence-electron chi connectivity index (χ0n) is 27.1. The Labute approximate surface area is 289 Å². The van der Waals surface area contributed by atoms with Crippen molar-refractivity contribution in [2.45, 2.75) is 0 Å². The molecule has 49 heavy (non-hydrogen) atoms. The van der Waals surface area contributed by atoms with Crippen LogP contribution in [0.1, 0.15) is 22.3 Å². The van der Waals surface area contributed by atoms with Crippen LogP contribution in [-0.4, -0.2) is 8.07 Å². The van der Waals surface area contributed by atoms with Gasteiger partial charge in [0.25, 0.3) is 0 Å². The van der Waals surface area contributed by atoms with Crippen LogP contribution in [0.5, 0.6) is 0 Å². The molecule has 0 nitrogen and oxygen atoms in total. The van der Waals surface area contributed by atoms with Gasteiger partial charge >= 0.3 is 0 Å². The van der Waals surface area contributed by atoms with Gasteiger partial charge in [-0.2, -0.15) is 0 Å². The molecule has 230 valence electrons. The van der Waals surface area contributed by atoms with Crippen LogP contribution in [0, 0.1) is 0 Å². The molecule has 0 N–H and O–H groups in total. The van der Waals surface area contributed by atoms with E-state index in [0.29, 0.717) is 0 Å². The predicted molar refractivity (Wildman–Crippen MR) is 212 cm³/mol. The normalized spacial score (nSPS) is 14.1. The van der Waals surface area contributed by atoms with Crippen LogP contribution in [0.15, 0.2) is 206 Å². The lowest BCUT2D eigenvalue weighted by Crippen LogP contribution is -2.59. The Balaban J connectivity index is 1.54. The molecule has 0 aliphatic carbocycles. The zero-order chi connectivity index (χ0) is 32.6. The Hall–Kier alpha value is -6.02. The smallest absolute Gasteiger partial charge is 0.0623 e. The van der Waals surface area contributed by atoms with Crippen molar-refractivity contribution in [2.24, 2.45) is 0 Å². The molecule has 0 spiro atoms. The number of hydrogen-bond donors (Lipinski definition) is 0. The van der Waals surface area contributed by atoms with Gasteiger partial charge in [0.2, 0.25) is 0 Å². The van der Waals surface area contributed by atoms with Gasteiger partial charge in [-0.05, 0) is 87.8 Å². The second-order valence-corrected chi connectivity index (χ2v) is 16.5. The first-order chi connectivity index (χ1) is 24.3. The number of rotatable bonds is 6. The monoisotopic (exact) mass is 638 g/mol. The fraction of sp³-hybridized carbons (Fsp3) is 0. The molecule has 8 aromatic carbocycles. The van der Waals surface area contributed by atoms with Gasteiger partial charge in [0.15, 0.2) is 8.07 Å². The van der Waals surface area contributed by atoms with E-state index in [-0.39, 0.29) is 0 Å². The highest BCUT2D eigenvalue weighted by atomic mass is 28.3. The summed E-state index contributed by atoms with van der Waals surface area (Å²) in [5.74, 6) is 0. The van der Waals surface area contributed by atoms with Gasteiger partial charge in [0.05, 0.1) is 0 Å². The summed E-state index contributed by atoms with van der Waals surface area (Å²) in [6.07, 6.45) is 0. The maximum absolute atomic E-state index is 3.03. The molecule has 9 rings (SSSR count).